The molecule has 1 saturated heterocycles. The molecule has 1 saturated carbocycles. The van der Waals surface area contributed by atoms with Gasteiger partial charge in [-0.2, -0.15) is 0 Å². The lowest BCUT2D eigenvalue weighted by Gasteiger charge is -2.29. The van der Waals surface area contributed by atoms with Crippen LogP contribution in [0.2, 0.25) is 0 Å². The largest absolute Gasteiger partial charge is 0.493 e. The third kappa shape index (κ3) is 3.06. The Balaban J connectivity index is 1.54. The average molecular weight is 391 g/mol. The summed E-state index contributed by atoms with van der Waals surface area (Å²) in [5, 5.41) is 3.06. The molecule has 0 bridgehead atoms. The lowest BCUT2D eigenvalue weighted by molar-refractivity contribution is -0.125. The summed E-state index contributed by atoms with van der Waals surface area (Å²) in [6, 6.07) is 3.53. The van der Waals surface area contributed by atoms with Gasteiger partial charge in [-0.1, -0.05) is 13.0 Å². The molecule has 2 heterocycles. The molecule has 0 aromatic heterocycles. The molecule has 2 aliphatic heterocycles. The van der Waals surface area contributed by atoms with Crippen LogP contribution in [0.4, 0.5) is 0 Å². The Morgan fingerprint density at radius 2 is 1.93 bits per heavy atom. The summed E-state index contributed by atoms with van der Waals surface area (Å²) in [7, 11) is 3.09. The van der Waals surface area contributed by atoms with Crippen LogP contribution >= 0.6 is 11.8 Å². The van der Waals surface area contributed by atoms with Crippen LogP contribution in [0, 0.1) is 5.92 Å². The highest BCUT2D eigenvalue weighted by molar-refractivity contribution is 7.99. The second-order valence-corrected chi connectivity index (χ2v) is 8.76. The predicted octanol–water partition coefficient (Wildman–Crippen LogP) is 2.97. The number of thioether (sulfide) groups is 1. The number of fused-ring (bicyclic) bond motifs is 3. The molecule has 6 nitrogen and oxygen atoms in total. The third-order valence-electron chi connectivity index (χ3n) is 5.96. The van der Waals surface area contributed by atoms with Crippen molar-refractivity contribution in [2.45, 2.75) is 50.1 Å². The summed E-state index contributed by atoms with van der Waals surface area (Å²) in [6.07, 6.45) is 4.35. The SMILES string of the molecule is COc1ccc2c(c1OC)C(=O)N1[C@@H](C(=O)NC3CCC(C)CC3)CS[C@H]21. The van der Waals surface area contributed by atoms with Gasteiger partial charge in [0.15, 0.2) is 11.5 Å². The number of carbonyl (C=O) groups excluding carboxylic acids is 2. The van der Waals surface area contributed by atoms with Gasteiger partial charge in [0.05, 0.1) is 19.8 Å². The van der Waals surface area contributed by atoms with Crippen molar-refractivity contribution in [3.8, 4) is 11.5 Å². The summed E-state index contributed by atoms with van der Waals surface area (Å²) in [5.41, 5.74) is 1.43. The molecule has 27 heavy (non-hydrogen) atoms. The lowest BCUT2D eigenvalue weighted by atomic mass is 9.87. The normalized spacial score (nSPS) is 29.3. The van der Waals surface area contributed by atoms with E-state index in [0.29, 0.717) is 22.8 Å². The van der Waals surface area contributed by atoms with E-state index in [2.05, 4.69) is 12.2 Å². The minimum atomic E-state index is -0.435. The highest BCUT2D eigenvalue weighted by atomic mass is 32.2. The predicted molar refractivity (Wildman–Crippen MR) is 104 cm³/mol. The maximum atomic E-state index is 13.2. The molecule has 1 N–H and O–H groups in total. The van der Waals surface area contributed by atoms with Crippen LogP contribution in [0.25, 0.3) is 0 Å². The number of amides is 2. The molecule has 1 aromatic rings. The number of rotatable bonds is 4. The van der Waals surface area contributed by atoms with Crippen molar-refractivity contribution in [2.75, 3.05) is 20.0 Å². The van der Waals surface area contributed by atoms with Crippen LogP contribution in [-0.2, 0) is 4.79 Å². The zero-order chi connectivity index (χ0) is 19.1. The van der Waals surface area contributed by atoms with Crippen molar-refractivity contribution in [1.29, 1.82) is 0 Å². The Kier molecular flexibility index (Phi) is 4.97. The zero-order valence-electron chi connectivity index (χ0n) is 16.0. The van der Waals surface area contributed by atoms with Crippen molar-refractivity contribution in [2.24, 2.45) is 5.92 Å². The van der Waals surface area contributed by atoms with Crippen LogP contribution in [0.1, 0.15) is 53.9 Å². The van der Waals surface area contributed by atoms with Crippen LogP contribution in [0.3, 0.4) is 0 Å². The number of nitrogens with one attached hydrogen (secondary N) is 1. The van der Waals surface area contributed by atoms with E-state index in [1.54, 1.807) is 23.8 Å². The molecule has 0 radical (unpaired) electrons. The Bertz CT molecular complexity index is 761. The van der Waals surface area contributed by atoms with E-state index >= 15 is 0 Å². The molecule has 0 spiro atoms. The van der Waals surface area contributed by atoms with Crippen LogP contribution in [-0.4, -0.2) is 48.8 Å². The quantitative estimate of drug-likeness (QED) is 0.856. The van der Waals surface area contributed by atoms with E-state index in [1.807, 2.05) is 12.1 Å². The van der Waals surface area contributed by atoms with Crippen LogP contribution in [0.5, 0.6) is 11.5 Å². The maximum Gasteiger partial charge on any atom is 0.260 e. The summed E-state index contributed by atoms with van der Waals surface area (Å²) >= 11 is 1.64. The molecule has 2 atom stereocenters. The number of ether oxygens (including phenoxy) is 2. The maximum absolute atomic E-state index is 13.2. The van der Waals surface area contributed by atoms with Gasteiger partial charge in [0.2, 0.25) is 5.91 Å². The van der Waals surface area contributed by atoms with E-state index in [-0.39, 0.29) is 23.2 Å². The van der Waals surface area contributed by atoms with Gasteiger partial charge in [-0.15, -0.1) is 11.8 Å². The molecule has 7 heteroatoms. The van der Waals surface area contributed by atoms with Gasteiger partial charge in [-0.05, 0) is 37.7 Å². The summed E-state index contributed by atoms with van der Waals surface area (Å²) in [4.78, 5) is 27.8. The van der Waals surface area contributed by atoms with Gasteiger partial charge < -0.3 is 19.7 Å². The molecule has 3 aliphatic rings. The van der Waals surface area contributed by atoms with Gasteiger partial charge in [0, 0.05) is 17.4 Å². The Labute approximate surface area is 164 Å². The first-order chi connectivity index (χ1) is 13.0. The fourth-order valence-electron chi connectivity index (χ4n) is 4.40. The van der Waals surface area contributed by atoms with Crippen molar-refractivity contribution < 1.29 is 19.1 Å². The molecular weight excluding hydrogens is 364 g/mol. The minimum absolute atomic E-state index is 0.0309. The first kappa shape index (κ1) is 18.5. The van der Waals surface area contributed by atoms with E-state index < -0.39 is 6.04 Å². The summed E-state index contributed by atoms with van der Waals surface area (Å²) in [6.45, 7) is 2.26. The van der Waals surface area contributed by atoms with Gasteiger partial charge in [-0.25, -0.2) is 0 Å². The van der Waals surface area contributed by atoms with Crippen LogP contribution in [0.15, 0.2) is 12.1 Å². The Hall–Kier alpha value is -1.89. The topological polar surface area (TPSA) is 67.9 Å². The highest BCUT2D eigenvalue weighted by Gasteiger charge is 2.50. The molecule has 2 fully saturated rings. The van der Waals surface area contributed by atoms with Crippen molar-refractivity contribution in [3.63, 3.8) is 0 Å². The number of methoxy groups -OCH3 is 2. The van der Waals surface area contributed by atoms with E-state index in [4.69, 9.17) is 9.47 Å². The average Bonchev–Trinajstić information content (AvgIpc) is 3.23. The molecule has 4 rings (SSSR count). The Morgan fingerprint density at radius 1 is 1.19 bits per heavy atom. The molecule has 1 aromatic carbocycles. The number of hydrogen-bond donors (Lipinski definition) is 1. The molecular formula is C20H26N2O4S. The fourth-order valence-corrected chi connectivity index (χ4v) is 5.85. The van der Waals surface area contributed by atoms with Crippen LogP contribution < -0.4 is 14.8 Å². The molecule has 0 unspecified atom stereocenters. The first-order valence-corrected chi connectivity index (χ1v) is 10.6. The summed E-state index contributed by atoms with van der Waals surface area (Å²) in [5.74, 6) is 2.18. The smallest absolute Gasteiger partial charge is 0.260 e. The second-order valence-electron chi connectivity index (χ2n) is 7.64. The first-order valence-electron chi connectivity index (χ1n) is 9.54. The molecule has 146 valence electrons. The van der Waals surface area contributed by atoms with Gasteiger partial charge in [0.25, 0.3) is 5.91 Å². The minimum Gasteiger partial charge on any atom is -0.493 e. The van der Waals surface area contributed by atoms with Crippen molar-refractivity contribution >= 4 is 23.6 Å². The number of benzene rings is 1. The molecule has 1 aliphatic carbocycles. The van der Waals surface area contributed by atoms with Gasteiger partial charge >= 0.3 is 0 Å². The third-order valence-corrected chi connectivity index (χ3v) is 7.26. The zero-order valence-corrected chi connectivity index (χ0v) is 16.8. The Morgan fingerprint density at radius 3 is 2.59 bits per heavy atom. The van der Waals surface area contributed by atoms with E-state index in [9.17, 15) is 9.59 Å². The fraction of sp³-hybridized carbons (Fsp3) is 0.600. The lowest BCUT2D eigenvalue weighted by Crippen LogP contribution is -2.49. The number of nitrogens with zero attached hydrogens (tertiary/aromatic N) is 1. The highest BCUT2D eigenvalue weighted by Crippen LogP contribution is 2.52. The monoisotopic (exact) mass is 390 g/mol. The number of carbonyl (C=O) groups is 2. The van der Waals surface area contributed by atoms with Crippen molar-refractivity contribution in [3.05, 3.63) is 23.3 Å². The summed E-state index contributed by atoms with van der Waals surface area (Å²) < 4.78 is 10.8. The standard InChI is InChI=1S/C20H26N2O4S/c1-11-4-6-12(7-5-11)21-18(23)14-10-27-20-13-8-9-15(25-2)17(26-3)16(13)19(24)22(14)20/h8-9,11-12,14,20H,4-7,10H2,1-3H3,(H,21,23)/t11?,12?,14-,20-/m1/s1. The molecule has 2 amide bonds. The second kappa shape index (κ2) is 7.26. The van der Waals surface area contributed by atoms with Gasteiger partial charge in [0.1, 0.15) is 11.4 Å². The number of hydrogen-bond acceptors (Lipinski definition) is 5. The van der Waals surface area contributed by atoms with Crippen molar-refractivity contribution in [1.82, 2.24) is 10.2 Å². The van der Waals surface area contributed by atoms with E-state index in [1.165, 1.54) is 7.11 Å². The van der Waals surface area contributed by atoms with Gasteiger partial charge in [-0.3, -0.25) is 9.59 Å². The van der Waals surface area contributed by atoms with E-state index in [0.717, 1.165) is 37.2 Å².